The number of nitrogens with zero attached hydrogens (tertiary/aromatic N) is 3. The van der Waals surface area contributed by atoms with Crippen LogP contribution >= 0.6 is 0 Å². The number of nitrogens with one attached hydrogen (secondary N) is 1. The van der Waals surface area contributed by atoms with Gasteiger partial charge in [-0.15, -0.1) is 0 Å². The zero-order valence-corrected chi connectivity index (χ0v) is 15.7. The Morgan fingerprint density at radius 2 is 1.58 bits per heavy atom. The van der Waals surface area contributed by atoms with E-state index in [1.807, 2.05) is 32.0 Å². The van der Waals surface area contributed by atoms with Crippen molar-refractivity contribution in [3.05, 3.63) is 89.2 Å². The van der Waals surface area contributed by atoms with E-state index in [4.69, 9.17) is 0 Å². The second-order valence-electron chi connectivity index (χ2n) is 6.73. The molecule has 0 fully saturated rings. The third-order valence-corrected chi connectivity index (χ3v) is 4.31. The van der Waals surface area contributed by atoms with Crippen LogP contribution in [-0.4, -0.2) is 24.1 Å². The van der Waals surface area contributed by atoms with Gasteiger partial charge in [0.1, 0.15) is 0 Å². The zero-order valence-electron chi connectivity index (χ0n) is 15.7. The van der Waals surface area contributed by atoms with Crippen LogP contribution in [0.4, 0.5) is 5.95 Å². The summed E-state index contributed by atoms with van der Waals surface area (Å²) in [7, 11) is 3.93. The number of rotatable bonds is 7. The van der Waals surface area contributed by atoms with Crippen LogP contribution in [0.2, 0.25) is 0 Å². The van der Waals surface area contributed by atoms with E-state index >= 15 is 0 Å². The Morgan fingerprint density at radius 3 is 2.23 bits per heavy atom. The molecule has 0 spiro atoms. The first-order valence-electron chi connectivity index (χ1n) is 8.96. The van der Waals surface area contributed by atoms with Crippen LogP contribution in [0.3, 0.4) is 0 Å². The highest BCUT2D eigenvalue weighted by Gasteiger charge is 2.13. The van der Waals surface area contributed by atoms with Gasteiger partial charge in [0, 0.05) is 32.4 Å². The van der Waals surface area contributed by atoms with Crippen molar-refractivity contribution in [2.24, 2.45) is 0 Å². The molecule has 1 heterocycles. The highest BCUT2D eigenvalue weighted by molar-refractivity contribution is 5.30. The van der Waals surface area contributed by atoms with Gasteiger partial charge in [0.05, 0.1) is 5.69 Å². The fraction of sp³-hybridized carbons (Fsp3) is 0.273. The number of benzene rings is 2. The molecule has 0 unspecified atom stereocenters. The van der Waals surface area contributed by atoms with Gasteiger partial charge in [0.15, 0.2) is 0 Å². The van der Waals surface area contributed by atoms with Crippen molar-refractivity contribution in [2.45, 2.75) is 25.9 Å². The summed E-state index contributed by atoms with van der Waals surface area (Å²) < 4.78 is 0. The molecule has 134 valence electrons. The Labute approximate surface area is 155 Å². The minimum atomic E-state index is 0.233. The summed E-state index contributed by atoms with van der Waals surface area (Å²) >= 11 is 0. The Kier molecular flexibility index (Phi) is 5.97. The first kappa shape index (κ1) is 18.1. The first-order valence-corrected chi connectivity index (χ1v) is 8.96. The van der Waals surface area contributed by atoms with Crippen molar-refractivity contribution in [3.63, 3.8) is 0 Å². The van der Waals surface area contributed by atoms with Crippen molar-refractivity contribution in [2.75, 3.05) is 19.0 Å². The zero-order chi connectivity index (χ0) is 18.4. The maximum atomic E-state index is 4.66. The van der Waals surface area contributed by atoms with Crippen LogP contribution < -0.4 is 10.2 Å². The average Bonchev–Trinajstić information content (AvgIpc) is 2.66. The van der Waals surface area contributed by atoms with Crippen LogP contribution in [-0.2, 0) is 13.0 Å². The lowest BCUT2D eigenvalue weighted by Crippen LogP contribution is -2.24. The van der Waals surface area contributed by atoms with Gasteiger partial charge in [0.2, 0.25) is 5.95 Å². The summed E-state index contributed by atoms with van der Waals surface area (Å²) in [6.45, 7) is 2.72. The van der Waals surface area contributed by atoms with Crippen LogP contribution in [0.25, 0.3) is 0 Å². The van der Waals surface area contributed by atoms with Gasteiger partial charge in [-0.25, -0.2) is 9.97 Å². The topological polar surface area (TPSA) is 41.1 Å². The molecule has 1 aromatic heterocycles. The molecule has 0 aliphatic carbocycles. The smallest absolute Gasteiger partial charge is 0.225 e. The van der Waals surface area contributed by atoms with Crippen molar-refractivity contribution in [3.8, 4) is 0 Å². The van der Waals surface area contributed by atoms with E-state index in [1.54, 1.807) is 0 Å². The van der Waals surface area contributed by atoms with E-state index in [2.05, 4.69) is 75.9 Å². The molecule has 0 amide bonds. The lowest BCUT2D eigenvalue weighted by Gasteiger charge is -2.20. The average molecular weight is 346 g/mol. The predicted molar refractivity (Wildman–Crippen MR) is 107 cm³/mol. The molecule has 0 aliphatic heterocycles. The second-order valence-corrected chi connectivity index (χ2v) is 6.73. The molecule has 26 heavy (non-hydrogen) atoms. The number of hydrogen-bond donors (Lipinski definition) is 1. The molecular formula is C22H26N4. The van der Waals surface area contributed by atoms with Crippen LogP contribution in [0.1, 0.15) is 28.6 Å². The van der Waals surface area contributed by atoms with E-state index in [0.29, 0.717) is 6.54 Å². The Bertz CT molecular complexity index is 816. The standard InChI is InChI=1S/C22H26N4/c1-17-14-20(25-22(24-17)26(2)3)16-23-21(19-12-8-5-9-13-19)15-18-10-6-4-7-11-18/h4-14,21,23H,15-16H2,1-3H3/t21-/m0/s1. The summed E-state index contributed by atoms with van der Waals surface area (Å²) in [4.78, 5) is 11.1. The first-order chi connectivity index (χ1) is 12.6. The third-order valence-electron chi connectivity index (χ3n) is 4.31. The Hall–Kier alpha value is -2.72. The summed E-state index contributed by atoms with van der Waals surface area (Å²) in [6, 6.07) is 23.5. The van der Waals surface area contributed by atoms with Gasteiger partial charge < -0.3 is 10.2 Å². The lowest BCUT2D eigenvalue weighted by atomic mass is 9.99. The molecule has 0 aliphatic rings. The molecule has 0 radical (unpaired) electrons. The van der Waals surface area contributed by atoms with Crippen LogP contribution in [0.5, 0.6) is 0 Å². The molecule has 0 saturated heterocycles. The molecule has 4 nitrogen and oxygen atoms in total. The molecule has 3 aromatic rings. The molecule has 3 rings (SSSR count). The van der Waals surface area contributed by atoms with E-state index in [1.165, 1.54) is 11.1 Å². The number of anilines is 1. The molecule has 1 N–H and O–H groups in total. The van der Waals surface area contributed by atoms with E-state index < -0.39 is 0 Å². The van der Waals surface area contributed by atoms with Crippen molar-refractivity contribution in [1.29, 1.82) is 0 Å². The fourth-order valence-corrected chi connectivity index (χ4v) is 2.98. The Balaban J connectivity index is 1.78. The maximum absolute atomic E-state index is 4.66. The number of aromatic nitrogens is 2. The van der Waals surface area contributed by atoms with Gasteiger partial charge in [-0.1, -0.05) is 60.7 Å². The predicted octanol–water partition coefficient (Wildman–Crippen LogP) is 3.92. The van der Waals surface area contributed by atoms with Crippen molar-refractivity contribution < 1.29 is 0 Å². The second kappa shape index (κ2) is 8.59. The molecule has 2 aromatic carbocycles. The SMILES string of the molecule is Cc1cc(CN[C@@H](Cc2ccccc2)c2ccccc2)nc(N(C)C)n1. The van der Waals surface area contributed by atoms with E-state index in [0.717, 1.165) is 23.8 Å². The van der Waals surface area contributed by atoms with Gasteiger partial charge >= 0.3 is 0 Å². The van der Waals surface area contributed by atoms with Gasteiger partial charge in [0.25, 0.3) is 0 Å². The molecular weight excluding hydrogens is 320 g/mol. The summed E-state index contributed by atoms with van der Waals surface area (Å²) in [6.07, 6.45) is 0.940. The van der Waals surface area contributed by atoms with Crippen molar-refractivity contribution >= 4 is 5.95 Å². The highest BCUT2D eigenvalue weighted by Crippen LogP contribution is 2.19. The minimum Gasteiger partial charge on any atom is -0.347 e. The quantitative estimate of drug-likeness (QED) is 0.704. The van der Waals surface area contributed by atoms with E-state index in [9.17, 15) is 0 Å². The summed E-state index contributed by atoms with van der Waals surface area (Å²) in [5, 5.41) is 3.69. The summed E-state index contributed by atoms with van der Waals surface area (Å²) in [5.41, 5.74) is 4.60. The fourth-order valence-electron chi connectivity index (χ4n) is 2.98. The Morgan fingerprint density at radius 1 is 0.923 bits per heavy atom. The van der Waals surface area contributed by atoms with E-state index in [-0.39, 0.29) is 6.04 Å². The molecule has 0 bridgehead atoms. The third kappa shape index (κ3) is 4.90. The lowest BCUT2D eigenvalue weighted by molar-refractivity contribution is 0.524. The molecule has 4 heteroatoms. The van der Waals surface area contributed by atoms with Crippen molar-refractivity contribution in [1.82, 2.24) is 15.3 Å². The monoisotopic (exact) mass is 346 g/mol. The highest BCUT2D eigenvalue weighted by atomic mass is 15.2. The maximum Gasteiger partial charge on any atom is 0.225 e. The summed E-state index contributed by atoms with van der Waals surface area (Å²) in [5.74, 6) is 0.751. The largest absolute Gasteiger partial charge is 0.347 e. The van der Waals surface area contributed by atoms with Gasteiger partial charge in [-0.3, -0.25) is 0 Å². The van der Waals surface area contributed by atoms with Gasteiger partial charge in [-0.2, -0.15) is 0 Å². The van der Waals surface area contributed by atoms with Crippen LogP contribution in [0, 0.1) is 6.92 Å². The minimum absolute atomic E-state index is 0.233. The molecule has 0 saturated carbocycles. The van der Waals surface area contributed by atoms with Gasteiger partial charge in [-0.05, 0) is 30.5 Å². The van der Waals surface area contributed by atoms with Crippen LogP contribution in [0.15, 0.2) is 66.7 Å². The normalized spacial score (nSPS) is 12.0. The number of hydrogen-bond acceptors (Lipinski definition) is 4. The number of aryl methyl sites for hydroxylation is 1. The molecule has 1 atom stereocenters.